The normalized spacial score (nSPS) is 13.2. The molecule has 0 radical (unpaired) electrons. The Morgan fingerprint density at radius 1 is 1.46 bits per heavy atom. The Balaban J connectivity index is 2.59. The van der Waals surface area contributed by atoms with Crippen LogP contribution in [0.1, 0.15) is 38.9 Å². The van der Waals surface area contributed by atoms with Crippen molar-refractivity contribution in [2.45, 2.75) is 39.8 Å². The van der Waals surface area contributed by atoms with E-state index < -0.39 is 0 Å². The van der Waals surface area contributed by atoms with Crippen LogP contribution in [0.4, 0.5) is 0 Å². The van der Waals surface area contributed by atoms with Crippen LogP contribution in [0.3, 0.4) is 0 Å². The van der Waals surface area contributed by atoms with Crippen LogP contribution in [-0.4, -0.2) is 11.1 Å². The summed E-state index contributed by atoms with van der Waals surface area (Å²) in [5.74, 6) is 0. The van der Waals surface area contributed by atoms with E-state index in [0.717, 1.165) is 13.1 Å². The minimum Gasteiger partial charge on any atom is -0.350 e. The lowest BCUT2D eigenvalue weighted by Gasteiger charge is -2.15. The van der Waals surface area contributed by atoms with Gasteiger partial charge in [-0.25, -0.2) is 0 Å². The van der Waals surface area contributed by atoms with Gasteiger partial charge in [0, 0.05) is 24.5 Å². The maximum atomic E-state index is 3.49. The molecule has 1 aromatic rings. The highest BCUT2D eigenvalue weighted by atomic mass is 15.0. The highest BCUT2D eigenvalue weighted by Crippen LogP contribution is 2.12. The summed E-state index contributed by atoms with van der Waals surface area (Å²) in [7, 11) is 0. The van der Waals surface area contributed by atoms with Gasteiger partial charge in [-0.3, -0.25) is 0 Å². The van der Waals surface area contributed by atoms with Gasteiger partial charge in [-0.15, -0.1) is 0 Å². The van der Waals surface area contributed by atoms with E-state index in [0.29, 0.717) is 6.04 Å². The molecule has 1 N–H and O–H groups in total. The maximum Gasteiger partial charge on any atom is 0.0446 e. The van der Waals surface area contributed by atoms with Crippen LogP contribution < -0.4 is 5.32 Å². The first kappa shape index (κ1) is 10.3. The van der Waals surface area contributed by atoms with Crippen molar-refractivity contribution < 1.29 is 0 Å². The molecule has 74 valence electrons. The summed E-state index contributed by atoms with van der Waals surface area (Å²) < 4.78 is 2.29. The molecule has 1 heterocycles. The third-order valence-electron chi connectivity index (χ3n) is 2.35. The molecule has 0 aliphatic rings. The lowest BCUT2D eigenvalue weighted by atomic mass is 10.2. The topological polar surface area (TPSA) is 17.0 Å². The van der Waals surface area contributed by atoms with Crippen molar-refractivity contribution in [3.05, 3.63) is 24.0 Å². The zero-order valence-electron chi connectivity index (χ0n) is 8.88. The molecule has 0 bridgehead atoms. The van der Waals surface area contributed by atoms with Crippen LogP contribution in [0.5, 0.6) is 0 Å². The second-order valence-corrected chi connectivity index (χ2v) is 3.39. The molecule has 0 aliphatic heterocycles. The first-order valence-electron chi connectivity index (χ1n) is 5.18. The minimum absolute atomic E-state index is 0.468. The lowest BCUT2D eigenvalue weighted by Crippen LogP contribution is -2.21. The van der Waals surface area contributed by atoms with Crippen LogP contribution in [0, 0.1) is 0 Å². The minimum atomic E-state index is 0.468. The van der Waals surface area contributed by atoms with Gasteiger partial charge in [0.2, 0.25) is 0 Å². The largest absolute Gasteiger partial charge is 0.350 e. The Kier molecular flexibility index (Phi) is 4.03. The van der Waals surface area contributed by atoms with Crippen molar-refractivity contribution in [1.29, 1.82) is 0 Å². The molecule has 0 saturated heterocycles. The molecule has 0 spiro atoms. The van der Waals surface area contributed by atoms with Crippen molar-refractivity contribution in [3.63, 3.8) is 0 Å². The van der Waals surface area contributed by atoms with Crippen molar-refractivity contribution in [2.24, 2.45) is 0 Å². The number of nitrogens with zero attached hydrogens (tertiary/aromatic N) is 1. The quantitative estimate of drug-likeness (QED) is 0.737. The lowest BCUT2D eigenvalue weighted by molar-refractivity contribution is 0.531. The van der Waals surface area contributed by atoms with E-state index >= 15 is 0 Å². The van der Waals surface area contributed by atoms with Gasteiger partial charge < -0.3 is 9.88 Å². The van der Waals surface area contributed by atoms with Gasteiger partial charge in [0.15, 0.2) is 0 Å². The number of hydrogen-bond donors (Lipinski definition) is 1. The Bertz CT molecular complexity index is 240. The van der Waals surface area contributed by atoms with Crippen molar-refractivity contribution in [3.8, 4) is 0 Å². The summed E-state index contributed by atoms with van der Waals surface area (Å²) in [6, 6.07) is 4.77. The molecule has 0 aliphatic carbocycles. The Morgan fingerprint density at radius 3 is 2.85 bits per heavy atom. The number of rotatable bonds is 5. The van der Waals surface area contributed by atoms with Crippen LogP contribution in [0.15, 0.2) is 18.3 Å². The predicted octanol–water partition coefficient (Wildman–Crippen LogP) is 2.57. The summed E-state index contributed by atoms with van der Waals surface area (Å²) in [5.41, 5.74) is 1.39. The summed E-state index contributed by atoms with van der Waals surface area (Å²) in [6.07, 6.45) is 3.33. The van der Waals surface area contributed by atoms with Crippen LogP contribution in [0.2, 0.25) is 0 Å². The Morgan fingerprint density at radius 2 is 2.23 bits per heavy atom. The zero-order chi connectivity index (χ0) is 9.68. The molecule has 2 heteroatoms. The number of aromatic nitrogens is 1. The molecule has 1 atom stereocenters. The van der Waals surface area contributed by atoms with E-state index in [1.165, 1.54) is 12.1 Å². The fraction of sp³-hybridized carbons (Fsp3) is 0.636. The monoisotopic (exact) mass is 180 g/mol. The van der Waals surface area contributed by atoms with Crippen LogP contribution in [-0.2, 0) is 6.54 Å². The highest BCUT2D eigenvalue weighted by molar-refractivity contribution is 5.11. The highest BCUT2D eigenvalue weighted by Gasteiger charge is 2.06. The second kappa shape index (κ2) is 5.07. The SMILES string of the molecule is CCCNC(C)c1cccn1CC. The van der Waals surface area contributed by atoms with Crippen molar-refractivity contribution in [1.82, 2.24) is 9.88 Å². The number of aryl methyl sites for hydroxylation is 1. The van der Waals surface area contributed by atoms with Gasteiger partial charge in [-0.2, -0.15) is 0 Å². The first-order chi connectivity index (χ1) is 6.29. The Labute approximate surface area is 81.0 Å². The molecule has 0 fully saturated rings. The van der Waals surface area contributed by atoms with E-state index in [-0.39, 0.29) is 0 Å². The molecular formula is C11H20N2. The molecule has 0 aromatic carbocycles. The molecule has 13 heavy (non-hydrogen) atoms. The molecule has 2 nitrogen and oxygen atoms in total. The molecule has 1 rings (SSSR count). The van der Waals surface area contributed by atoms with Crippen LogP contribution >= 0.6 is 0 Å². The number of hydrogen-bond acceptors (Lipinski definition) is 1. The molecular weight excluding hydrogens is 160 g/mol. The average Bonchev–Trinajstić information content (AvgIpc) is 2.61. The van der Waals surface area contributed by atoms with Gasteiger partial charge in [0.25, 0.3) is 0 Å². The van der Waals surface area contributed by atoms with E-state index in [1.54, 1.807) is 0 Å². The third-order valence-corrected chi connectivity index (χ3v) is 2.35. The van der Waals surface area contributed by atoms with Gasteiger partial charge in [0.1, 0.15) is 0 Å². The standard InChI is InChI=1S/C11H20N2/c1-4-8-12-10(3)11-7-6-9-13(11)5-2/h6-7,9-10,12H,4-5,8H2,1-3H3. The van der Waals surface area contributed by atoms with E-state index in [1.807, 2.05) is 0 Å². The summed E-state index contributed by atoms with van der Waals surface area (Å²) >= 11 is 0. The van der Waals surface area contributed by atoms with Gasteiger partial charge in [0.05, 0.1) is 0 Å². The summed E-state index contributed by atoms with van der Waals surface area (Å²) in [6.45, 7) is 8.74. The first-order valence-corrected chi connectivity index (χ1v) is 5.18. The fourth-order valence-electron chi connectivity index (χ4n) is 1.57. The van der Waals surface area contributed by atoms with Gasteiger partial charge in [-0.05, 0) is 38.9 Å². The molecule has 0 saturated carbocycles. The number of nitrogens with one attached hydrogen (secondary N) is 1. The maximum absolute atomic E-state index is 3.49. The fourth-order valence-corrected chi connectivity index (χ4v) is 1.57. The molecule has 1 unspecified atom stereocenters. The smallest absolute Gasteiger partial charge is 0.0446 e. The zero-order valence-corrected chi connectivity index (χ0v) is 8.88. The van der Waals surface area contributed by atoms with E-state index in [4.69, 9.17) is 0 Å². The van der Waals surface area contributed by atoms with Crippen molar-refractivity contribution >= 4 is 0 Å². The second-order valence-electron chi connectivity index (χ2n) is 3.39. The van der Waals surface area contributed by atoms with Crippen LogP contribution in [0.25, 0.3) is 0 Å². The van der Waals surface area contributed by atoms with E-state index in [9.17, 15) is 0 Å². The van der Waals surface area contributed by atoms with Gasteiger partial charge in [-0.1, -0.05) is 6.92 Å². The molecule has 1 aromatic heterocycles. The third kappa shape index (κ3) is 2.59. The summed E-state index contributed by atoms with van der Waals surface area (Å²) in [4.78, 5) is 0. The van der Waals surface area contributed by atoms with Crippen molar-refractivity contribution in [2.75, 3.05) is 6.54 Å². The Hall–Kier alpha value is -0.760. The predicted molar refractivity (Wildman–Crippen MR) is 56.8 cm³/mol. The average molecular weight is 180 g/mol. The van der Waals surface area contributed by atoms with E-state index in [2.05, 4.69) is 49.0 Å². The molecule has 0 amide bonds. The van der Waals surface area contributed by atoms with Gasteiger partial charge >= 0.3 is 0 Å². The summed E-state index contributed by atoms with van der Waals surface area (Å²) in [5, 5.41) is 3.49.